The van der Waals surface area contributed by atoms with Crippen LogP contribution in [0.2, 0.25) is 0 Å². The van der Waals surface area contributed by atoms with Crippen molar-refractivity contribution in [2.45, 2.75) is 25.4 Å². The molecule has 2 unspecified atom stereocenters. The summed E-state index contributed by atoms with van der Waals surface area (Å²) in [6.07, 6.45) is 0. The minimum absolute atomic E-state index is 0.401. The summed E-state index contributed by atoms with van der Waals surface area (Å²) in [6.45, 7) is 3.30. The minimum Gasteiger partial charge on any atom is -0.399 e. The van der Waals surface area contributed by atoms with E-state index in [0.717, 1.165) is 12.2 Å². The van der Waals surface area contributed by atoms with Gasteiger partial charge in [0.15, 0.2) is 0 Å². The number of hydrogen-bond acceptors (Lipinski definition) is 2. The van der Waals surface area contributed by atoms with Gasteiger partial charge in [0.1, 0.15) is 0 Å². The summed E-state index contributed by atoms with van der Waals surface area (Å²) in [6, 6.07) is 17.5. The Morgan fingerprint density at radius 2 is 1.84 bits per heavy atom. The van der Waals surface area contributed by atoms with Gasteiger partial charge in [-0.2, -0.15) is 0 Å². The van der Waals surface area contributed by atoms with E-state index in [1.165, 1.54) is 16.7 Å². The Morgan fingerprint density at radius 1 is 1.11 bits per heavy atom. The number of fused-ring (bicyclic) bond motifs is 1. The van der Waals surface area contributed by atoms with Crippen LogP contribution in [0.4, 0.5) is 5.69 Å². The first kappa shape index (κ1) is 12.2. The lowest BCUT2D eigenvalue weighted by molar-refractivity contribution is 0.212. The van der Waals surface area contributed by atoms with Crippen molar-refractivity contribution in [1.29, 1.82) is 0 Å². The zero-order valence-electron chi connectivity index (χ0n) is 11.5. The quantitative estimate of drug-likeness (QED) is 0.789. The number of nitrogens with two attached hydrogens (primary N) is 1. The maximum atomic E-state index is 5.99. The largest absolute Gasteiger partial charge is 0.399 e. The van der Waals surface area contributed by atoms with E-state index < -0.39 is 0 Å². The highest BCUT2D eigenvalue weighted by Gasteiger charge is 2.31. The van der Waals surface area contributed by atoms with Gasteiger partial charge in [-0.3, -0.25) is 4.90 Å². The van der Waals surface area contributed by atoms with Crippen molar-refractivity contribution in [2.24, 2.45) is 0 Å². The van der Waals surface area contributed by atoms with E-state index in [4.69, 9.17) is 5.73 Å². The molecule has 0 aliphatic carbocycles. The van der Waals surface area contributed by atoms with Gasteiger partial charge < -0.3 is 5.73 Å². The molecule has 2 nitrogen and oxygen atoms in total. The predicted octanol–water partition coefficient (Wildman–Crippen LogP) is 3.23. The van der Waals surface area contributed by atoms with Gasteiger partial charge >= 0.3 is 0 Å². The zero-order chi connectivity index (χ0) is 13.4. The van der Waals surface area contributed by atoms with Crippen molar-refractivity contribution in [3.8, 4) is 0 Å². The predicted molar refractivity (Wildman–Crippen MR) is 80.1 cm³/mol. The van der Waals surface area contributed by atoms with Crippen LogP contribution >= 0.6 is 0 Å². The van der Waals surface area contributed by atoms with Crippen LogP contribution < -0.4 is 5.73 Å². The molecule has 0 aromatic heterocycles. The minimum atomic E-state index is 0.401. The van der Waals surface area contributed by atoms with Crippen LogP contribution in [-0.4, -0.2) is 18.0 Å². The van der Waals surface area contributed by atoms with Crippen molar-refractivity contribution < 1.29 is 0 Å². The molecule has 1 heterocycles. The molecular formula is C17H20N2. The van der Waals surface area contributed by atoms with Gasteiger partial charge in [0.2, 0.25) is 0 Å². The smallest absolute Gasteiger partial charge is 0.0317 e. The molecule has 2 heteroatoms. The van der Waals surface area contributed by atoms with Crippen molar-refractivity contribution in [3.63, 3.8) is 0 Å². The van der Waals surface area contributed by atoms with Gasteiger partial charge in [0.25, 0.3) is 0 Å². The summed E-state index contributed by atoms with van der Waals surface area (Å²) >= 11 is 0. The first-order valence-corrected chi connectivity index (χ1v) is 6.80. The lowest BCUT2D eigenvalue weighted by atomic mass is 9.79. The SMILES string of the molecule is CC1C(c2ccccc2)c2cc(N)ccc2CN1C. The van der Waals surface area contributed by atoms with Gasteiger partial charge in [-0.05, 0) is 42.8 Å². The Labute approximate surface area is 114 Å². The maximum Gasteiger partial charge on any atom is 0.0317 e. The fourth-order valence-electron chi connectivity index (χ4n) is 3.09. The molecule has 2 aromatic carbocycles. The van der Waals surface area contributed by atoms with Gasteiger partial charge in [-0.1, -0.05) is 36.4 Å². The number of nitrogen functional groups attached to an aromatic ring is 1. The monoisotopic (exact) mass is 252 g/mol. The van der Waals surface area contributed by atoms with Gasteiger partial charge in [-0.15, -0.1) is 0 Å². The fourth-order valence-corrected chi connectivity index (χ4v) is 3.09. The van der Waals surface area contributed by atoms with Crippen LogP contribution in [0.5, 0.6) is 0 Å². The van der Waals surface area contributed by atoms with Crippen molar-refractivity contribution >= 4 is 5.69 Å². The number of anilines is 1. The molecule has 2 aromatic rings. The second-order valence-electron chi connectivity index (χ2n) is 5.50. The number of benzene rings is 2. The van der Waals surface area contributed by atoms with Crippen LogP contribution in [0.1, 0.15) is 29.5 Å². The molecule has 1 aliphatic heterocycles. The second-order valence-corrected chi connectivity index (χ2v) is 5.50. The number of likely N-dealkylation sites (N-methyl/N-ethyl adjacent to an activating group) is 1. The summed E-state index contributed by atoms with van der Waals surface area (Å²) in [5.41, 5.74) is 11.0. The third-order valence-corrected chi connectivity index (χ3v) is 4.26. The summed E-state index contributed by atoms with van der Waals surface area (Å²) in [5, 5.41) is 0. The Balaban J connectivity index is 2.15. The summed E-state index contributed by atoms with van der Waals surface area (Å²) in [4.78, 5) is 2.41. The Hall–Kier alpha value is -1.80. The topological polar surface area (TPSA) is 29.3 Å². The first-order valence-electron chi connectivity index (χ1n) is 6.80. The number of rotatable bonds is 1. The number of hydrogen-bond donors (Lipinski definition) is 1. The Bertz CT molecular complexity index is 577. The van der Waals surface area contributed by atoms with E-state index in [2.05, 4.69) is 61.3 Å². The highest BCUT2D eigenvalue weighted by molar-refractivity contribution is 5.50. The lowest BCUT2D eigenvalue weighted by Crippen LogP contribution is -2.39. The molecule has 0 radical (unpaired) electrons. The fraction of sp³-hybridized carbons (Fsp3) is 0.294. The Morgan fingerprint density at radius 3 is 2.58 bits per heavy atom. The van der Waals surface area contributed by atoms with Crippen LogP contribution in [0, 0.1) is 0 Å². The van der Waals surface area contributed by atoms with Gasteiger partial charge in [0, 0.05) is 24.2 Å². The van der Waals surface area contributed by atoms with Gasteiger partial charge in [0.05, 0.1) is 0 Å². The Kier molecular flexibility index (Phi) is 3.03. The van der Waals surface area contributed by atoms with E-state index in [1.54, 1.807) is 0 Å². The van der Waals surface area contributed by atoms with E-state index >= 15 is 0 Å². The molecule has 0 amide bonds. The average molecular weight is 252 g/mol. The lowest BCUT2D eigenvalue weighted by Gasteiger charge is -2.39. The molecule has 0 spiro atoms. The zero-order valence-corrected chi connectivity index (χ0v) is 11.5. The molecule has 19 heavy (non-hydrogen) atoms. The highest BCUT2D eigenvalue weighted by Crippen LogP contribution is 2.38. The number of nitrogens with zero attached hydrogens (tertiary/aromatic N) is 1. The van der Waals surface area contributed by atoms with Crippen molar-refractivity contribution in [1.82, 2.24) is 4.90 Å². The average Bonchev–Trinajstić information content (AvgIpc) is 2.42. The molecule has 1 aliphatic rings. The maximum absolute atomic E-state index is 5.99. The summed E-state index contributed by atoms with van der Waals surface area (Å²) in [5.74, 6) is 0.401. The van der Waals surface area contributed by atoms with Crippen LogP contribution in [0.3, 0.4) is 0 Å². The van der Waals surface area contributed by atoms with Crippen LogP contribution in [0.25, 0.3) is 0 Å². The first-order chi connectivity index (χ1) is 9.16. The van der Waals surface area contributed by atoms with E-state index in [0.29, 0.717) is 12.0 Å². The molecule has 0 saturated carbocycles. The van der Waals surface area contributed by atoms with E-state index in [9.17, 15) is 0 Å². The summed E-state index contributed by atoms with van der Waals surface area (Å²) < 4.78 is 0. The second kappa shape index (κ2) is 4.71. The van der Waals surface area contributed by atoms with Crippen molar-refractivity contribution in [2.75, 3.05) is 12.8 Å². The highest BCUT2D eigenvalue weighted by atomic mass is 15.1. The van der Waals surface area contributed by atoms with Gasteiger partial charge in [-0.25, -0.2) is 0 Å². The molecule has 2 N–H and O–H groups in total. The third kappa shape index (κ3) is 2.13. The van der Waals surface area contributed by atoms with Crippen molar-refractivity contribution in [3.05, 3.63) is 65.2 Å². The van der Waals surface area contributed by atoms with E-state index in [1.807, 2.05) is 6.07 Å². The van der Waals surface area contributed by atoms with Crippen LogP contribution in [-0.2, 0) is 6.54 Å². The molecule has 98 valence electrons. The molecule has 0 saturated heterocycles. The normalized spacial score (nSPS) is 23.1. The van der Waals surface area contributed by atoms with Crippen LogP contribution in [0.15, 0.2) is 48.5 Å². The third-order valence-electron chi connectivity index (χ3n) is 4.26. The summed E-state index contributed by atoms with van der Waals surface area (Å²) in [7, 11) is 2.19. The standard InChI is InChI=1S/C17H20N2/c1-12-17(13-6-4-3-5-7-13)16-10-15(18)9-8-14(16)11-19(12)2/h3-10,12,17H,11,18H2,1-2H3. The molecule has 2 atom stereocenters. The molecule has 0 fully saturated rings. The molecule has 3 rings (SSSR count). The molecule has 0 bridgehead atoms. The molecular weight excluding hydrogens is 232 g/mol. The van der Waals surface area contributed by atoms with E-state index in [-0.39, 0.29) is 0 Å².